The highest BCUT2D eigenvalue weighted by Crippen LogP contribution is 2.35. The summed E-state index contributed by atoms with van der Waals surface area (Å²) in [6.45, 7) is 8.03. The van der Waals surface area contributed by atoms with E-state index in [0.717, 1.165) is 31.5 Å². The van der Waals surface area contributed by atoms with Gasteiger partial charge in [-0.05, 0) is 116 Å². The molecular weight excluding hydrogens is 559 g/mol. The van der Waals surface area contributed by atoms with Crippen LogP contribution in [-0.2, 0) is 22.9 Å². The summed E-state index contributed by atoms with van der Waals surface area (Å²) in [5, 5.41) is 3.78. The minimum absolute atomic E-state index is 0.148. The van der Waals surface area contributed by atoms with E-state index < -0.39 is 15.3 Å². The van der Waals surface area contributed by atoms with E-state index in [1.54, 1.807) is 25.2 Å². The Morgan fingerprint density at radius 2 is 1.43 bits per heavy atom. The average Bonchev–Trinajstić information content (AvgIpc) is 3.48. The van der Waals surface area contributed by atoms with Crippen molar-refractivity contribution in [3.63, 3.8) is 0 Å². The van der Waals surface area contributed by atoms with Crippen LogP contribution in [-0.4, -0.2) is 52.3 Å². The summed E-state index contributed by atoms with van der Waals surface area (Å²) in [6, 6.07) is 28.1. The van der Waals surface area contributed by atoms with Crippen molar-refractivity contribution in [3.8, 4) is 11.1 Å². The molecule has 0 radical (unpaired) electrons. The van der Waals surface area contributed by atoms with Gasteiger partial charge in [-0.1, -0.05) is 67.6 Å². The molecule has 1 unspecified atom stereocenters. The lowest BCUT2D eigenvalue weighted by molar-refractivity contribution is 0.402. The second-order valence-electron chi connectivity index (χ2n) is 11.5. The number of para-hydroxylation sites is 2. The molecule has 0 saturated carbocycles. The Labute approximate surface area is 257 Å². The highest BCUT2D eigenvalue weighted by molar-refractivity contribution is 7.90. The molecule has 0 amide bonds. The zero-order valence-corrected chi connectivity index (χ0v) is 27.2. The number of sulfonamides is 1. The van der Waals surface area contributed by atoms with Crippen molar-refractivity contribution in [1.29, 1.82) is 0 Å². The number of hydrogen-bond donors (Lipinski definition) is 1. The number of benzene rings is 3. The smallest absolute Gasteiger partial charge is 0.213 e. The van der Waals surface area contributed by atoms with Crippen LogP contribution in [0, 0.1) is 0 Å². The van der Waals surface area contributed by atoms with E-state index in [0.29, 0.717) is 6.54 Å². The van der Waals surface area contributed by atoms with Crippen LogP contribution in [0.15, 0.2) is 89.6 Å². The zero-order valence-electron chi connectivity index (χ0n) is 25.6. The maximum Gasteiger partial charge on any atom is 0.213 e. The van der Waals surface area contributed by atoms with E-state index in [-0.39, 0.29) is 5.92 Å². The Hall–Kier alpha value is -2.97. The van der Waals surface area contributed by atoms with Gasteiger partial charge in [0.1, 0.15) is 0 Å². The third kappa shape index (κ3) is 8.54. The van der Waals surface area contributed by atoms with E-state index in [2.05, 4.69) is 118 Å². The van der Waals surface area contributed by atoms with Crippen molar-refractivity contribution >= 4 is 32.7 Å². The molecule has 5 rings (SSSR count). The molecule has 0 bridgehead atoms. The predicted octanol–water partition coefficient (Wildman–Crippen LogP) is 7.72. The van der Waals surface area contributed by atoms with Gasteiger partial charge in [0, 0.05) is 24.5 Å². The molecule has 0 fully saturated rings. The molecule has 1 aliphatic heterocycles. The Bertz CT molecular complexity index is 1450. The summed E-state index contributed by atoms with van der Waals surface area (Å²) < 4.78 is 26.2. The second kappa shape index (κ2) is 15.0. The fraction of sp³-hybridized carbons (Fsp3) is 0.371. The van der Waals surface area contributed by atoms with Crippen LogP contribution in [0.1, 0.15) is 49.8 Å². The van der Waals surface area contributed by atoms with Gasteiger partial charge in [0.05, 0.1) is 5.25 Å². The summed E-state index contributed by atoms with van der Waals surface area (Å²) in [7, 11) is 1.09. The monoisotopic (exact) mass is 603 g/mol. The molecule has 2 heterocycles. The van der Waals surface area contributed by atoms with Crippen LogP contribution < -0.4 is 9.62 Å². The van der Waals surface area contributed by atoms with E-state index in [4.69, 9.17) is 0 Å². The molecule has 0 aliphatic carbocycles. The number of fused-ring (bicyclic) bond motifs is 2. The van der Waals surface area contributed by atoms with Gasteiger partial charge in [0.2, 0.25) is 10.0 Å². The average molecular weight is 604 g/mol. The molecule has 0 saturated heterocycles. The van der Waals surface area contributed by atoms with Crippen LogP contribution in [0.4, 0.5) is 11.4 Å². The normalized spacial score (nSPS) is 13.6. The minimum atomic E-state index is -3.19. The van der Waals surface area contributed by atoms with Gasteiger partial charge in [-0.3, -0.25) is 0 Å². The molecular formula is C35H45N3O2S2. The van der Waals surface area contributed by atoms with Crippen molar-refractivity contribution in [3.05, 3.63) is 106 Å². The van der Waals surface area contributed by atoms with Gasteiger partial charge in [0.15, 0.2) is 0 Å². The fourth-order valence-corrected chi connectivity index (χ4v) is 6.60. The summed E-state index contributed by atoms with van der Waals surface area (Å²) in [5.74, 6) is 0.148. The third-order valence-corrected chi connectivity index (χ3v) is 10.3. The topological polar surface area (TPSA) is 52.7 Å². The lowest BCUT2D eigenvalue weighted by atomic mass is 9.99. The molecule has 224 valence electrons. The number of nitrogens with zero attached hydrogens (tertiary/aromatic N) is 2. The van der Waals surface area contributed by atoms with Crippen LogP contribution in [0.2, 0.25) is 0 Å². The molecule has 4 aromatic rings. The van der Waals surface area contributed by atoms with E-state index in [9.17, 15) is 8.42 Å². The molecule has 5 nitrogen and oxygen atoms in total. The van der Waals surface area contributed by atoms with Crippen LogP contribution in [0.5, 0.6) is 0 Å². The fourth-order valence-electron chi connectivity index (χ4n) is 5.11. The maximum atomic E-state index is 11.8. The standard InChI is InChI=1S/C19H24N2.C16H21NO2S2/c1-20(2)14-7-15-21-18-10-5-3-8-16(18)12-13-17-9-4-6-11-19(17)21;1-12(2)21(18,19)17-10-13(3)14-4-6-15(7-5-14)16-8-9-20-11-16/h3-6,8-11H,7,12-15H2,1-2H3;4-9,11-13,17H,10H2,1-3H3. The summed E-state index contributed by atoms with van der Waals surface area (Å²) >= 11 is 1.68. The Balaban J connectivity index is 0.000000193. The third-order valence-electron chi connectivity index (χ3n) is 7.76. The van der Waals surface area contributed by atoms with E-state index >= 15 is 0 Å². The lowest BCUT2D eigenvalue weighted by Gasteiger charge is -2.27. The molecule has 1 N–H and O–H groups in total. The van der Waals surface area contributed by atoms with Crippen LogP contribution >= 0.6 is 11.3 Å². The van der Waals surface area contributed by atoms with Gasteiger partial charge >= 0.3 is 0 Å². The van der Waals surface area contributed by atoms with Gasteiger partial charge in [-0.25, -0.2) is 13.1 Å². The first kappa shape index (κ1) is 32.0. The molecule has 7 heteroatoms. The van der Waals surface area contributed by atoms with E-state index in [1.807, 2.05) is 6.92 Å². The number of aryl methyl sites for hydroxylation is 2. The highest BCUT2D eigenvalue weighted by atomic mass is 32.2. The Morgan fingerprint density at radius 3 is 1.95 bits per heavy atom. The van der Waals surface area contributed by atoms with Gasteiger partial charge in [-0.2, -0.15) is 11.3 Å². The van der Waals surface area contributed by atoms with Crippen molar-refractivity contribution in [2.75, 3.05) is 38.6 Å². The van der Waals surface area contributed by atoms with Crippen LogP contribution in [0.3, 0.4) is 0 Å². The van der Waals surface area contributed by atoms with Crippen molar-refractivity contribution in [2.24, 2.45) is 0 Å². The maximum absolute atomic E-state index is 11.8. The first-order valence-electron chi connectivity index (χ1n) is 14.8. The van der Waals surface area contributed by atoms with Crippen molar-refractivity contribution < 1.29 is 8.42 Å². The number of hydrogen-bond acceptors (Lipinski definition) is 5. The van der Waals surface area contributed by atoms with Crippen molar-refractivity contribution in [2.45, 2.75) is 51.2 Å². The lowest BCUT2D eigenvalue weighted by Crippen LogP contribution is -2.33. The largest absolute Gasteiger partial charge is 0.341 e. The number of thiophene rings is 1. The minimum Gasteiger partial charge on any atom is -0.341 e. The first-order valence-corrected chi connectivity index (χ1v) is 17.3. The second-order valence-corrected chi connectivity index (χ2v) is 14.6. The summed E-state index contributed by atoms with van der Waals surface area (Å²) in [5.41, 5.74) is 9.27. The van der Waals surface area contributed by atoms with Crippen molar-refractivity contribution in [1.82, 2.24) is 9.62 Å². The predicted molar refractivity (Wildman–Crippen MR) is 181 cm³/mol. The SMILES string of the molecule is CC(CNS(=O)(=O)C(C)C)c1ccc(-c2ccsc2)cc1.CN(C)CCCN1c2ccccc2CCc2ccccc21. The van der Waals surface area contributed by atoms with Gasteiger partial charge in [0.25, 0.3) is 0 Å². The highest BCUT2D eigenvalue weighted by Gasteiger charge is 2.20. The van der Waals surface area contributed by atoms with Gasteiger partial charge in [-0.15, -0.1) is 0 Å². The molecule has 3 aromatic carbocycles. The van der Waals surface area contributed by atoms with E-state index in [1.165, 1.54) is 40.0 Å². The molecule has 1 aromatic heterocycles. The van der Waals surface area contributed by atoms with Gasteiger partial charge < -0.3 is 9.80 Å². The number of nitrogens with one attached hydrogen (secondary N) is 1. The van der Waals surface area contributed by atoms with Crippen LogP contribution in [0.25, 0.3) is 11.1 Å². The number of anilines is 2. The number of rotatable bonds is 10. The molecule has 42 heavy (non-hydrogen) atoms. The Kier molecular flexibility index (Phi) is 11.4. The summed E-state index contributed by atoms with van der Waals surface area (Å²) in [4.78, 5) is 4.77. The quantitative estimate of drug-likeness (QED) is 0.202. The summed E-state index contributed by atoms with van der Waals surface area (Å²) in [6.07, 6.45) is 3.45. The zero-order chi connectivity index (χ0) is 30.1. The Morgan fingerprint density at radius 1 is 0.833 bits per heavy atom. The first-order chi connectivity index (χ1) is 20.2. The molecule has 1 atom stereocenters. The molecule has 1 aliphatic rings. The molecule has 0 spiro atoms.